The first kappa shape index (κ1) is 13.5. The zero-order valence-electron chi connectivity index (χ0n) is 9.19. The Labute approximate surface area is 85.0 Å². The Hall–Kier alpha value is -0.480. The summed E-state index contributed by atoms with van der Waals surface area (Å²) in [5.41, 5.74) is 0. The second-order valence-corrected chi connectivity index (χ2v) is 3.88. The monoisotopic (exact) mass is 206 g/mol. The molecule has 14 heavy (non-hydrogen) atoms. The van der Waals surface area contributed by atoms with Crippen LogP contribution < -0.4 is 5.32 Å². The molecule has 0 spiro atoms. The predicted molar refractivity (Wildman–Crippen MR) is 55.8 cm³/mol. The SMILES string of the molecule is C=CCN(C)CC(F)(F)CNC(C)C. The number of alkyl halides is 2. The standard InChI is InChI=1S/C10H20F2N2/c1-5-6-14(4)8-10(11,12)7-13-9(2)3/h5,9,13H,1,6-8H2,2-4H3. The minimum atomic E-state index is -2.68. The molecule has 1 N–H and O–H groups in total. The number of rotatable bonds is 7. The maximum Gasteiger partial charge on any atom is 0.272 e. The fourth-order valence-electron chi connectivity index (χ4n) is 1.09. The summed E-state index contributed by atoms with van der Waals surface area (Å²) in [4.78, 5) is 1.55. The summed E-state index contributed by atoms with van der Waals surface area (Å²) in [6, 6.07) is 0.0885. The van der Waals surface area contributed by atoms with E-state index in [9.17, 15) is 8.78 Å². The number of nitrogens with zero attached hydrogens (tertiary/aromatic N) is 1. The van der Waals surface area contributed by atoms with E-state index in [1.807, 2.05) is 13.8 Å². The summed E-state index contributed by atoms with van der Waals surface area (Å²) in [5.74, 6) is -2.68. The van der Waals surface area contributed by atoms with Gasteiger partial charge in [-0.15, -0.1) is 6.58 Å². The second-order valence-electron chi connectivity index (χ2n) is 3.88. The van der Waals surface area contributed by atoms with Crippen LogP contribution in [0.1, 0.15) is 13.8 Å². The van der Waals surface area contributed by atoms with Gasteiger partial charge in [0.15, 0.2) is 0 Å². The molecule has 2 nitrogen and oxygen atoms in total. The van der Waals surface area contributed by atoms with Crippen molar-refractivity contribution < 1.29 is 8.78 Å². The first-order chi connectivity index (χ1) is 6.37. The summed E-state index contributed by atoms with van der Waals surface area (Å²) in [7, 11) is 1.66. The third-order valence-electron chi connectivity index (χ3n) is 1.71. The molecule has 0 aliphatic rings. The van der Waals surface area contributed by atoms with Gasteiger partial charge in [-0.1, -0.05) is 19.9 Å². The molecule has 0 unspecified atom stereocenters. The van der Waals surface area contributed by atoms with Crippen LogP contribution in [0.2, 0.25) is 0 Å². The molecule has 0 bridgehead atoms. The summed E-state index contributed by atoms with van der Waals surface area (Å²) in [6.45, 7) is 7.18. The molecule has 0 aromatic heterocycles. The van der Waals surface area contributed by atoms with Crippen LogP contribution in [0.5, 0.6) is 0 Å². The largest absolute Gasteiger partial charge is 0.309 e. The minimum Gasteiger partial charge on any atom is -0.309 e. The van der Waals surface area contributed by atoms with E-state index in [0.717, 1.165) is 0 Å². The molecule has 0 fully saturated rings. The van der Waals surface area contributed by atoms with Crippen LogP contribution in [0.15, 0.2) is 12.7 Å². The van der Waals surface area contributed by atoms with Crippen LogP contribution in [0, 0.1) is 0 Å². The van der Waals surface area contributed by atoms with Gasteiger partial charge in [-0.05, 0) is 7.05 Å². The van der Waals surface area contributed by atoms with E-state index in [2.05, 4.69) is 11.9 Å². The van der Waals surface area contributed by atoms with Gasteiger partial charge in [-0.3, -0.25) is 4.90 Å². The third-order valence-corrected chi connectivity index (χ3v) is 1.71. The van der Waals surface area contributed by atoms with Gasteiger partial charge in [0.2, 0.25) is 0 Å². The quantitative estimate of drug-likeness (QED) is 0.638. The van der Waals surface area contributed by atoms with Crippen molar-refractivity contribution in [3.8, 4) is 0 Å². The lowest BCUT2D eigenvalue weighted by molar-refractivity contribution is -0.0239. The fraction of sp³-hybridized carbons (Fsp3) is 0.800. The van der Waals surface area contributed by atoms with Crippen molar-refractivity contribution in [2.45, 2.75) is 25.8 Å². The zero-order chi connectivity index (χ0) is 11.2. The molecule has 0 saturated carbocycles. The lowest BCUT2D eigenvalue weighted by Crippen LogP contribution is -2.44. The van der Waals surface area contributed by atoms with Crippen LogP contribution in [0.4, 0.5) is 8.78 Å². The zero-order valence-corrected chi connectivity index (χ0v) is 9.19. The number of likely N-dealkylation sites (N-methyl/N-ethyl adjacent to an activating group) is 1. The maximum absolute atomic E-state index is 13.2. The van der Waals surface area contributed by atoms with Gasteiger partial charge in [0.05, 0.1) is 13.1 Å². The van der Waals surface area contributed by atoms with Gasteiger partial charge in [0.1, 0.15) is 0 Å². The molecular formula is C10H20F2N2. The first-order valence-corrected chi connectivity index (χ1v) is 4.78. The fourth-order valence-corrected chi connectivity index (χ4v) is 1.09. The summed E-state index contributed by atoms with van der Waals surface area (Å²) in [6.07, 6.45) is 1.62. The van der Waals surface area contributed by atoms with Crippen molar-refractivity contribution in [2.75, 3.05) is 26.7 Å². The molecular weight excluding hydrogens is 186 g/mol. The van der Waals surface area contributed by atoms with E-state index in [-0.39, 0.29) is 19.1 Å². The summed E-state index contributed by atoms with van der Waals surface area (Å²) >= 11 is 0. The highest BCUT2D eigenvalue weighted by atomic mass is 19.3. The Morgan fingerprint density at radius 1 is 1.50 bits per heavy atom. The highest BCUT2D eigenvalue weighted by Gasteiger charge is 2.29. The Bertz CT molecular complexity index is 170. The van der Waals surface area contributed by atoms with Gasteiger partial charge in [0, 0.05) is 12.6 Å². The summed E-state index contributed by atoms with van der Waals surface area (Å²) in [5, 5.41) is 2.73. The van der Waals surface area contributed by atoms with Crippen molar-refractivity contribution >= 4 is 0 Å². The van der Waals surface area contributed by atoms with E-state index in [1.165, 1.54) is 0 Å². The van der Waals surface area contributed by atoms with Crippen molar-refractivity contribution in [3.05, 3.63) is 12.7 Å². The van der Waals surface area contributed by atoms with Crippen molar-refractivity contribution in [1.82, 2.24) is 10.2 Å². The molecule has 0 heterocycles. The van der Waals surface area contributed by atoms with Crippen molar-refractivity contribution in [2.24, 2.45) is 0 Å². The van der Waals surface area contributed by atoms with E-state index in [4.69, 9.17) is 0 Å². The Balaban J connectivity index is 3.86. The van der Waals surface area contributed by atoms with E-state index >= 15 is 0 Å². The average molecular weight is 206 g/mol. The van der Waals surface area contributed by atoms with E-state index in [1.54, 1.807) is 18.0 Å². The molecule has 84 valence electrons. The lowest BCUT2D eigenvalue weighted by Gasteiger charge is -2.23. The molecule has 4 heteroatoms. The molecule has 0 aliphatic carbocycles. The van der Waals surface area contributed by atoms with Gasteiger partial charge in [0.25, 0.3) is 5.92 Å². The van der Waals surface area contributed by atoms with Crippen molar-refractivity contribution in [3.63, 3.8) is 0 Å². The highest BCUT2D eigenvalue weighted by Crippen LogP contribution is 2.13. The number of hydrogen-bond donors (Lipinski definition) is 1. The smallest absolute Gasteiger partial charge is 0.272 e. The van der Waals surface area contributed by atoms with Gasteiger partial charge < -0.3 is 5.32 Å². The molecule has 0 aromatic rings. The molecule has 0 aliphatic heterocycles. The molecule has 0 aromatic carbocycles. The van der Waals surface area contributed by atoms with Crippen LogP contribution in [0.3, 0.4) is 0 Å². The molecule has 0 atom stereocenters. The normalized spacial score (nSPS) is 12.5. The van der Waals surface area contributed by atoms with Crippen LogP contribution in [-0.4, -0.2) is 43.5 Å². The van der Waals surface area contributed by atoms with E-state index < -0.39 is 5.92 Å². The minimum absolute atomic E-state index is 0.0885. The van der Waals surface area contributed by atoms with Gasteiger partial charge in [-0.2, -0.15) is 0 Å². The predicted octanol–water partition coefficient (Wildman–Crippen LogP) is 1.74. The van der Waals surface area contributed by atoms with Gasteiger partial charge >= 0.3 is 0 Å². The topological polar surface area (TPSA) is 15.3 Å². The Morgan fingerprint density at radius 2 is 2.07 bits per heavy atom. The van der Waals surface area contributed by atoms with E-state index in [0.29, 0.717) is 6.54 Å². The molecule has 0 amide bonds. The molecule has 0 radical (unpaired) electrons. The average Bonchev–Trinajstić information content (AvgIpc) is 2.00. The second kappa shape index (κ2) is 6.09. The van der Waals surface area contributed by atoms with Crippen LogP contribution in [-0.2, 0) is 0 Å². The number of nitrogens with one attached hydrogen (secondary N) is 1. The third kappa shape index (κ3) is 6.97. The Kier molecular flexibility index (Phi) is 5.88. The highest BCUT2D eigenvalue weighted by molar-refractivity contribution is 4.78. The van der Waals surface area contributed by atoms with Gasteiger partial charge in [-0.25, -0.2) is 8.78 Å². The molecule has 0 saturated heterocycles. The lowest BCUT2D eigenvalue weighted by atomic mass is 10.3. The Morgan fingerprint density at radius 3 is 2.50 bits per heavy atom. The first-order valence-electron chi connectivity index (χ1n) is 4.78. The van der Waals surface area contributed by atoms with Crippen molar-refractivity contribution in [1.29, 1.82) is 0 Å². The maximum atomic E-state index is 13.2. The summed E-state index contributed by atoms with van der Waals surface area (Å²) < 4.78 is 26.4. The number of hydrogen-bond acceptors (Lipinski definition) is 2. The molecule has 0 rings (SSSR count). The van der Waals surface area contributed by atoms with Crippen LogP contribution >= 0.6 is 0 Å². The van der Waals surface area contributed by atoms with Crippen LogP contribution in [0.25, 0.3) is 0 Å². The number of halogens is 2.